The van der Waals surface area contributed by atoms with Crippen LogP contribution in [-0.2, 0) is 4.74 Å². The van der Waals surface area contributed by atoms with Crippen LogP contribution < -0.4 is 0 Å². The fraction of sp³-hybridized carbons (Fsp3) is 1.00. The molecule has 0 fully saturated rings. The van der Waals surface area contributed by atoms with Gasteiger partial charge in [0.1, 0.15) is 6.10 Å². The first-order valence-corrected chi connectivity index (χ1v) is 6.21. The summed E-state index contributed by atoms with van der Waals surface area (Å²) in [5.74, 6) is 0. The molecule has 0 saturated heterocycles. The Balaban J connectivity index is -0.0000000958. The van der Waals surface area contributed by atoms with Gasteiger partial charge in [0.15, 0.2) is 17.4 Å². The predicted octanol–water partition coefficient (Wildman–Crippen LogP) is -0.116. The number of aliphatic hydroxyl groups is 3. The summed E-state index contributed by atoms with van der Waals surface area (Å²) < 4.78 is 11.8. The third-order valence-corrected chi connectivity index (χ3v) is 1.71. The summed E-state index contributed by atoms with van der Waals surface area (Å²) in [7, 11) is 0. The zero-order valence-electron chi connectivity index (χ0n) is 10.8. The SMILES string of the molecule is CCCCOCCCC.OCC(O)CO.OCl.[AlH3]. The largest absolute Gasteiger partial charge is 0.394 e. The molecular weight excluding hydrogens is 275 g/mol. The first kappa shape index (κ1) is 27.0. The van der Waals surface area contributed by atoms with E-state index in [1.165, 1.54) is 25.7 Å². The molecule has 4 N–H and O–H groups in total. The van der Waals surface area contributed by atoms with Crippen molar-refractivity contribution in [3.05, 3.63) is 0 Å². The Kier molecular flexibility index (Phi) is 45.9. The first-order chi connectivity index (χ1) is 8.22. The van der Waals surface area contributed by atoms with Gasteiger partial charge in [0.2, 0.25) is 0 Å². The van der Waals surface area contributed by atoms with E-state index < -0.39 is 6.10 Å². The summed E-state index contributed by atoms with van der Waals surface area (Å²) in [5, 5.41) is 24.0. The summed E-state index contributed by atoms with van der Waals surface area (Å²) >= 11 is 3.64. The zero-order chi connectivity index (χ0) is 13.9. The molecule has 0 heterocycles. The smallest absolute Gasteiger partial charge is 0.187 e. The van der Waals surface area contributed by atoms with Crippen molar-refractivity contribution in [2.24, 2.45) is 0 Å². The Labute approximate surface area is 126 Å². The van der Waals surface area contributed by atoms with E-state index in [4.69, 9.17) is 24.7 Å². The summed E-state index contributed by atoms with van der Waals surface area (Å²) in [6.45, 7) is 5.55. The van der Waals surface area contributed by atoms with Crippen molar-refractivity contribution < 1.29 is 24.7 Å². The minimum atomic E-state index is -0.954. The molecule has 18 heavy (non-hydrogen) atoms. The average molecular weight is 305 g/mol. The molecule has 0 saturated carbocycles. The number of hydrogen-bond acceptors (Lipinski definition) is 5. The highest BCUT2D eigenvalue weighted by molar-refractivity contribution is 6.04. The van der Waals surface area contributed by atoms with Crippen LogP contribution in [0.25, 0.3) is 0 Å². The van der Waals surface area contributed by atoms with Crippen molar-refractivity contribution in [3.8, 4) is 0 Å². The summed E-state index contributed by atoms with van der Waals surface area (Å²) in [6, 6.07) is 0. The molecule has 0 rings (SSSR count). The van der Waals surface area contributed by atoms with E-state index in [2.05, 4.69) is 25.7 Å². The van der Waals surface area contributed by atoms with Crippen LogP contribution >= 0.6 is 11.9 Å². The number of ether oxygens (including phenoxy) is 1. The summed E-state index contributed by atoms with van der Waals surface area (Å²) in [4.78, 5) is 0. The standard InChI is InChI=1S/C8H18O.C3H8O3.Al.ClHO.3H/c1-3-5-7-9-8-6-4-2;4-1-3(6)2-5;;1-2;;;/h3-8H2,1-2H3;3-6H,1-2H2;;2H;;;. The van der Waals surface area contributed by atoms with E-state index in [9.17, 15) is 0 Å². The molecule has 0 aliphatic heterocycles. The lowest BCUT2D eigenvalue weighted by Crippen LogP contribution is -2.15. The van der Waals surface area contributed by atoms with Crippen LogP contribution in [0.5, 0.6) is 0 Å². The van der Waals surface area contributed by atoms with E-state index in [-0.39, 0.29) is 30.6 Å². The Morgan fingerprint density at radius 2 is 1.28 bits per heavy atom. The van der Waals surface area contributed by atoms with Gasteiger partial charge >= 0.3 is 0 Å². The van der Waals surface area contributed by atoms with Crippen molar-refractivity contribution >= 4 is 29.2 Å². The van der Waals surface area contributed by atoms with Crippen LogP contribution in [0, 0.1) is 0 Å². The second kappa shape index (κ2) is 30.6. The van der Waals surface area contributed by atoms with E-state index >= 15 is 0 Å². The maximum absolute atomic E-state index is 8.17. The fourth-order valence-electron chi connectivity index (χ4n) is 0.653. The molecule has 0 spiro atoms. The van der Waals surface area contributed by atoms with Gasteiger partial charge in [-0.25, -0.2) is 0 Å². The molecule has 0 aliphatic carbocycles. The number of unbranched alkanes of at least 4 members (excludes halogenated alkanes) is 2. The number of rotatable bonds is 8. The second-order valence-electron chi connectivity index (χ2n) is 3.34. The quantitative estimate of drug-likeness (QED) is 0.371. The van der Waals surface area contributed by atoms with Crippen molar-refractivity contribution in [1.29, 1.82) is 0 Å². The van der Waals surface area contributed by atoms with Crippen molar-refractivity contribution in [2.45, 2.75) is 45.6 Å². The monoisotopic (exact) mass is 304 g/mol. The summed E-state index contributed by atoms with van der Waals surface area (Å²) in [6.07, 6.45) is 3.95. The molecule has 0 aromatic heterocycles. The highest BCUT2D eigenvalue weighted by atomic mass is 35.5. The zero-order valence-corrected chi connectivity index (χ0v) is 11.6. The molecule has 0 unspecified atom stereocenters. The molecule has 114 valence electrons. The lowest BCUT2D eigenvalue weighted by atomic mass is 10.3. The summed E-state index contributed by atoms with van der Waals surface area (Å²) in [5.41, 5.74) is 0. The molecule has 0 radical (unpaired) electrons. The van der Waals surface area contributed by atoms with Crippen LogP contribution in [-0.4, -0.2) is 69.9 Å². The van der Waals surface area contributed by atoms with Crippen LogP contribution in [0.15, 0.2) is 0 Å². The van der Waals surface area contributed by atoms with E-state index in [0.717, 1.165) is 13.2 Å². The van der Waals surface area contributed by atoms with E-state index in [0.29, 0.717) is 0 Å². The van der Waals surface area contributed by atoms with E-state index in [1.807, 2.05) is 0 Å². The topological polar surface area (TPSA) is 90.2 Å². The maximum Gasteiger partial charge on any atom is 0.187 e. The molecule has 0 atom stereocenters. The minimum absolute atomic E-state index is 0. The lowest BCUT2D eigenvalue weighted by Gasteiger charge is -1.99. The van der Waals surface area contributed by atoms with E-state index in [1.54, 1.807) is 0 Å². The predicted molar refractivity (Wildman–Crippen MR) is 78.8 cm³/mol. The first-order valence-electron chi connectivity index (χ1n) is 5.87. The van der Waals surface area contributed by atoms with Gasteiger partial charge < -0.3 is 20.1 Å². The highest BCUT2D eigenvalue weighted by Crippen LogP contribution is 1.91. The Hall–Kier alpha value is 0.622. The molecular formula is C11H30AlClO5. The highest BCUT2D eigenvalue weighted by Gasteiger charge is 1.93. The normalized spacial score (nSPS) is 8.67. The van der Waals surface area contributed by atoms with Gasteiger partial charge in [-0.05, 0) is 12.8 Å². The minimum Gasteiger partial charge on any atom is -0.394 e. The lowest BCUT2D eigenvalue weighted by molar-refractivity contribution is 0.0450. The molecule has 0 bridgehead atoms. The maximum atomic E-state index is 8.17. The van der Waals surface area contributed by atoms with Crippen molar-refractivity contribution in [1.82, 2.24) is 0 Å². The van der Waals surface area contributed by atoms with Gasteiger partial charge in [-0.3, -0.25) is 4.66 Å². The molecule has 7 heteroatoms. The molecule has 0 aromatic carbocycles. The van der Waals surface area contributed by atoms with Gasteiger partial charge in [-0.2, -0.15) is 0 Å². The fourth-order valence-corrected chi connectivity index (χ4v) is 0.653. The van der Waals surface area contributed by atoms with Gasteiger partial charge in [0, 0.05) is 13.2 Å². The van der Waals surface area contributed by atoms with Crippen LogP contribution in [0.2, 0.25) is 0 Å². The van der Waals surface area contributed by atoms with Crippen LogP contribution in [0.3, 0.4) is 0 Å². The van der Waals surface area contributed by atoms with Gasteiger partial charge in [-0.15, -0.1) is 0 Å². The van der Waals surface area contributed by atoms with Crippen LogP contribution in [0.1, 0.15) is 39.5 Å². The average Bonchev–Trinajstić information content (AvgIpc) is 2.41. The Bertz CT molecular complexity index is 101. The second-order valence-corrected chi connectivity index (χ2v) is 3.34. The Morgan fingerprint density at radius 1 is 0.944 bits per heavy atom. The number of aliphatic hydroxyl groups excluding tert-OH is 3. The number of halogens is 1. The van der Waals surface area contributed by atoms with Crippen LogP contribution in [0.4, 0.5) is 0 Å². The van der Waals surface area contributed by atoms with Gasteiger partial charge in [0.25, 0.3) is 0 Å². The Morgan fingerprint density at radius 3 is 1.44 bits per heavy atom. The van der Waals surface area contributed by atoms with Crippen molar-refractivity contribution in [2.75, 3.05) is 26.4 Å². The number of hydrogen-bond donors (Lipinski definition) is 4. The van der Waals surface area contributed by atoms with Crippen molar-refractivity contribution in [3.63, 3.8) is 0 Å². The molecule has 0 aromatic rings. The molecule has 0 aliphatic rings. The third kappa shape index (κ3) is 36.0. The third-order valence-electron chi connectivity index (χ3n) is 1.71. The van der Waals surface area contributed by atoms with Gasteiger partial charge in [0.05, 0.1) is 25.1 Å². The molecule has 0 amide bonds. The molecule has 5 nitrogen and oxygen atoms in total. The van der Waals surface area contributed by atoms with Gasteiger partial charge in [-0.1, -0.05) is 26.7 Å².